The van der Waals surface area contributed by atoms with Gasteiger partial charge in [-0.25, -0.2) is 15.0 Å². The predicted molar refractivity (Wildman–Crippen MR) is 174 cm³/mol. The van der Waals surface area contributed by atoms with Gasteiger partial charge in [0.05, 0.1) is 44.4 Å². The van der Waals surface area contributed by atoms with Crippen molar-refractivity contribution in [3.63, 3.8) is 0 Å². The second kappa shape index (κ2) is 13.6. The van der Waals surface area contributed by atoms with Crippen molar-refractivity contribution in [2.24, 2.45) is 46.8 Å². The van der Waals surface area contributed by atoms with E-state index in [-0.39, 0.29) is 46.8 Å². The Bertz CT molecular complexity index is 1480. The molecule has 2 heterocycles. The van der Waals surface area contributed by atoms with Crippen LogP contribution in [0, 0.1) is 46.8 Å². The van der Waals surface area contributed by atoms with Crippen molar-refractivity contribution < 1.29 is 38.5 Å². The second-order valence-electron chi connectivity index (χ2n) is 15.1. The molecule has 14 heteroatoms. The summed E-state index contributed by atoms with van der Waals surface area (Å²) < 4.78 is 31.4. The van der Waals surface area contributed by atoms with E-state index in [1.807, 2.05) is 0 Å². The summed E-state index contributed by atoms with van der Waals surface area (Å²) in [5.74, 6) is 1.56. The van der Waals surface area contributed by atoms with Crippen LogP contribution in [0.1, 0.15) is 78.6 Å². The first-order chi connectivity index (χ1) is 22.3. The number of aromatic nitrogens is 4. The number of rotatable bonds is 11. The lowest BCUT2D eigenvalue weighted by Crippen LogP contribution is -2.59. The summed E-state index contributed by atoms with van der Waals surface area (Å²) in [6.45, 7) is 6.65. The zero-order valence-corrected chi connectivity index (χ0v) is 28.9. The zero-order valence-electron chi connectivity index (χ0n) is 28.0. The maximum atomic E-state index is 13.2. The van der Waals surface area contributed by atoms with E-state index in [0.717, 1.165) is 25.7 Å². The van der Waals surface area contributed by atoms with Gasteiger partial charge in [0.25, 0.3) is 0 Å². The van der Waals surface area contributed by atoms with Gasteiger partial charge in [0, 0.05) is 6.42 Å². The first kappa shape index (κ1) is 34.7. The average molecular weight is 678 g/mol. The van der Waals surface area contributed by atoms with Crippen LogP contribution in [-0.2, 0) is 29.9 Å². The Labute approximate surface area is 276 Å². The fourth-order valence-corrected chi connectivity index (χ4v) is 11.4. The van der Waals surface area contributed by atoms with E-state index in [4.69, 9.17) is 19.7 Å². The highest BCUT2D eigenvalue weighted by molar-refractivity contribution is 7.52. The number of nitrogens with zero attached hydrogens (tertiary/aromatic N) is 4. The summed E-state index contributed by atoms with van der Waals surface area (Å²) in [6.07, 6.45) is 7.28. The largest absolute Gasteiger partial charge is 0.469 e. The van der Waals surface area contributed by atoms with E-state index >= 15 is 0 Å². The van der Waals surface area contributed by atoms with Crippen molar-refractivity contribution in [3.8, 4) is 0 Å². The highest BCUT2D eigenvalue weighted by atomic mass is 31.2. The Hall–Kier alpha value is -2.15. The Morgan fingerprint density at radius 1 is 1.13 bits per heavy atom. The highest BCUT2D eigenvalue weighted by Crippen LogP contribution is 2.65. The predicted octanol–water partition coefficient (Wildman–Crippen LogP) is 4.14. The number of carbonyl (C=O) groups is 1. The van der Waals surface area contributed by atoms with Gasteiger partial charge in [-0.3, -0.25) is 9.36 Å². The van der Waals surface area contributed by atoms with Crippen LogP contribution in [0.25, 0.3) is 11.2 Å². The van der Waals surface area contributed by atoms with Gasteiger partial charge in [0.15, 0.2) is 11.5 Å². The summed E-state index contributed by atoms with van der Waals surface area (Å²) in [4.78, 5) is 35.0. The molecule has 4 fully saturated rings. The molecule has 0 aromatic carbocycles. The van der Waals surface area contributed by atoms with E-state index in [9.17, 15) is 24.5 Å². The normalized spacial score (nSPS) is 37.7. The molecular formula is C33H52N5O8P. The van der Waals surface area contributed by atoms with Crippen molar-refractivity contribution >= 4 is 30.5 Å². The van der Waals surface area contributed by atoms with E-state index in [2.05, 4.69) is 28.8 Å². The number of anilines is 1. The van der Waals surface area contributed by atoms with E-state index < -0.39 is 38.4 Å². The number of ether oxygens (including phenoxy) is 2. The molecule has 13 nitrogen and oxygen atoms in total. The molecule has 2 aromatic heterocycles. The van der Waals surface area contributed by atoms with Crippen molar-refractivity contribution in [2.45, 2.75) is 110 Å². The SMILES string of the molecule is COC(=O)CC[C@@H](C)C1CC[C@@H]2C1[C@@H](O)C[C@H]1[C@H]2[C@H](O)C[C@@H]2C[C@H](OP(=O)(O)CO[C@H](C)Cn3cnc4c(N)ncnc43)CC[C@@]21C. The Balaban J connectivity index is 1.04. The van der Waals surface area contributed by atoms with Crippen LogP contribution in [0.5, 0.6) is 0 Å². The average Bonchev–Trinajstić information content (AvgIpc) is 3.66. The third-order valence-electron chi connectivity index (χ3n) is 12.5. The number of nitrogen functional groups attached to an aromatic ring is 1. The molecule has 13 atom stereocenters. The lowest BCUT2D eigenvalue weighted by molar-refractivity contribution is -0.180. The molecule has 6 rings (SSSR count). The fraction of sp³-hybridized carbons (Fsp3) is 0.818. The number of esters is 1. The van der Waals surface area contributed by atoms with Crippen LogP contribution in [0.2, 0.25) is 0 Å². The summed E-state index contributed by atoms with van der Waals surface area (Å²) in [5.41, 5.74) is 6.85. The highest BCUT2D eigenvalue weighted by Gasteiger charge is 2.61. The molecule has 0 amide bonds. The van der Waals surface area contributed by atoms with Crippen LogP contribution < -0.4 is 5.73 Å². The molecule has 2 aromatic rings. The number of aliphatic hydroxyl groups is 2. The van der Waals surface area contributed by atoms with Crippen molar-refractivity contribution in [2.75, 3.05) is 19.2 Å². The lowest BCUT2D eigenvalue weighted by Gasteiger charge is -2.61. The lowest BCUT2D eigenvalue weighted by atomic mass is 9.45. The third-order valence-corrected chi connectivity index (χ3v) is 13.6. The van der Waals surface area contributed by atoms with Crippen LogP contribution >= 0.6 is 7.60 Å². The number of carbonyl (C=O) groups excluding carboxylic acids is 1. The first-order valence-electron chi connectivity index (χ1n) is 17.3. The van der Waals surface area contributed by atoms with Crippen LogP contribution in [0.3, 0.4) is 0 Å². The van der Waals surface area contributed by atoms with Gasteiger partial charge >= 0.3 is 13.6 Å². The van der Waals surface area contributed by atoms with Crippen molar-refractivity contribution in [3.05, 3.63) is 12.7 Å². The van der Waals surface area contributed by atoms with Gasteiger partial charge in [0.1, 0.15) is 18.2 Å². The second-order valence-corrected chi connectivity index (χ2v) is 16.9. The minimum absolute atomic E-state index is 0.0880. The standard InChI is InChI=1S/C33H52N5O8P/c1-18(5-8-27(41)44-4)22-6-7-23-28(22)26(40)13-24-29(23)25(39)12-20-11-21(9-10-33(20,24)3)46-47(42,43)17-45-19(2)14-38-16-37-30-31(34)35-15-36-32(30)38/h15-16,18-26,28-29,39-40H,5-14,17H2,1-4H3,(H,42,43)(H2,34,35,36)/t18-,19-,20+,21-,22?,23-,24+,25-,26+,28?,29+,33+/m1/s1. The molecule has 4 saturated carbocycles. The molecule has 4 aliphatic rings. The number of aliphatic hydroxyl groups excluding tert-OH is 2. The molecule has 0 aliphatic heterocycles. The van der Waals surface area contributed by atoms with Gasteiger partial charge in [0.2, 0.25) is 0 Å². The molecule has 4 aliphatic carbocycles. The number of fused-ring (bicyclic) bond motifs is 6. The zero-order chi connectivity index (χ0) is 33.7. The molecule has 47 heavy (non-hydrogen) atoms. The third kappa shape index (κ3) is 6.85. The molecule has 5 N–H and O–H groups in total. The number of hydrogen-bond donors (Lipinski definition) is 4. The fourth-order valence-electron chi connectivity index (χ4n) is 10.2. The Kier molecular flexibility index (Phi) is 10.1. The van der Waals surface area contributed by atoms with Crippen LogP contribution in [0.4, 0.5) is 5.82 Å². The number of hydrogen-bond acceptors (Lipinski definition) is 11. The molecule has 0 spiro atoms. The van der Waals surface area contributed by atoms with Crippen LogP contribution in [0.15, 0.2) is 12.7 Å². The van der Waals surface area contributed by atoms with E-state index in [0.29, 0.717) is 61.6 Å². The van der Waals surface area contributed by atoms with Gasteiger partial charge < -0.3 is 39.4 Å². The summed E-state index contributed by atoms with van der Waals surface area (Å²) in [7, 11) is -2.64. The monoisotopic (exact) mass is 677 g/mol. The van der Waals surface area contributed by atoms with E-state index in [1.54, 1.807) is 17.8 Å². The van der Waals surface area contributed by atoms with Gasteiger partial charge in [-0.15, -0.1) is 0 Å². The Morgan fingerprint density at radius 2 is 1.89 bits per heavy atom. The summed E-state index contributed by atoms with van der Waals surface area (Å²) in [5, 5.41) is 23.3. The number of nitrogens with two attached hydrogens (primary N) is 1. The van der Waals surface area contributed by atoms with Crippen LogP contribution in [-0.4, -0.2) is 78.5 Å². The minimum Gasteiger partial charge on any atom is -0.469 e. The quantitative estimate of drug-likeness (QED) is 0.197. The Morgan fingerprint density at radius 3 is 2.66 bits per heavy atom. The van der Waals surface area contributed by atoms with Gasteiger partial charge in [-0.2, -0.15) is 0 Å². The molecule has 0 bridgehead atoms. The van der Waals surface area contributed by atoms with E-state index in [1.165, 1.54) is 13.4 Å². The summed E-state index contributed by atoms with van der Waals surface area (Å²) >= 11 is 0. The molecule has 0 saturated heterocycles. The molecular weight excluding hydrogens is 625 g/mol. The van der Waals surface area contributed by atoms with Crippen molar-refractivity contribution in [1.82, 2.24) is 19.5 Å². The van der Waals surface area contributed by atoms with Gasteiger partial charge in [-0.05, 0) is 105 Å². The van der Waals surface area contributed by atoms with Crippen molar-refractivity contribution in [1.29, 1.82) is 0 Å². The molecule has 3 unspecified atom stereocenters. The summed E-state index contributed by atoms with van der Waals surface area (Å²) in [6, 6.07) is 0. The maximum Gasteiger partial charge on any atom is 0.353 e. The maximum absolute atomic E-state index is 13.2. The molecule has 0 radical (unpaired) electrons. The first-order valence-corrected chi connectivity index (χ1v) is 19.0. The smallest absolute Gasteiger partial charge is 0.353 e. The number of methoxy groups -OCH3 is 1. The number of imidazole rings is 1. The topological polar surface area (TPSA) is 192 Å². The van der Waals surface area contributed by atoms with Gasteiger partial charge in [-0.1, -0.05) is 13.8 Å². The minimum atomic E-state index is -4.05. The molecule has 262 valence electrons.